The summed E-state index contributed by atoms with van der Waals surface area (Å²) in [5.74, 6) is 2.16. The van der Waals surface area contributed by atoms with Crippen LogP contribution in [0.1, 0.15) is 16.7 Å². The van der Waals surface area contributed by atoms with E-state index in [1.807, 2.05) is 74.5 Å². The van der Waals surface area contributed by atoms with E-state index in [0.29, 0.717) is 34.2 Å². The molecule has 0 N–H and O–H groups in total. The summed E-state index contributed by atoms with van der Waals surface area (Å²) in [5.41, 5.74) is 4.60. The van der Waals surface area contributed by atoms with Crippen LogP contribution < -0.4 is 24.3 Å². The van der Waals surface area contributed by atoms with Crippen LogP contribution in [0.2, 0.25) is 0 Å². The van der Waals surface area contributed by atoms with Crippen LogP contribution in [-0.4, -0.2) is 29.7 Å². The number of nitrogens with zero attached hydrogens (tertiary/aromatic N) is 2. The van der Waals surface area contributed by atoms with Gasteiger partial charge in [0.15, 0.2) is 4.96 Å². The summed E-state index contributed by atoms with van der Waals surface area (Å²) < 4.78 is 19.5. The molecular formula is C27H24N2O4S. The predicted octanol–water partition coefficient (Wildman–Crippen LogP) is 4.54. The van der Waals surface area contributed by atoms with Crippen molar-refractivity contribution in [1.29, 1.82) is 0 Å². The highest BCUT2D eigenvalue weighted by Crippen LogP contribution is 2.25. The second-order valence-corrected chi connectivity index (χ2v) is 9.07. The Morgan fingerprint density at radius 1 is 0.941 bits per heavy atom. The molecule has 0 atom stereocenters. The van der Waals surface area contributed by atoms with E-state index < -0.39 is 0 Å². The molecule has 0 aliphatic carbocycles. The summed E-state index contributed by atoms with van der Waals surface area (Å²) in [6, 6.07) is 19.3. The lowest BCUT2D eigenvalue weighted by Crippen LogP contribution is -2.22. The van der Waals surface area contributed by atoms with Crippen LogP contribution in [0.15, 0.2) is 65.5 Å². The molecule has 5 aromatic rings. The standard InChI is InChI=1S/C27H24N2O4S/c1-17-12-18(2)14-21(13-17)32-10-11-33-24-9-8-20(31-3)15-19(24)16-25-26(30)29-23-7-5-4-6-22(23)28-27(29)34-25/h4-9,12-16H,10-11H2,1-3H3/b25-16-. The Kier molecular flexibility index (Phi) is 5.94. The van der Waals surface area contributed by atoms with Crippen molar-refractivity contribution in [1.82, 2.24) is 9.38 Å². The molecule has 0 aliphatic heterocycles. The van der Waals surface area contributed by atoms with Gasteiger partial charge >= 0.3 is 0 Å². The van der Waals surface area contributed by atoms with Gasteiger partial charge < -0.3 is 14.2 Å². The molecule has 6 nitrogen and oxygen atoms in total. The van der Waals surface area contributed by atoms with E-state index in [-0.39, 0.29) is 5.56 Å². The first-order chi connectivity index (χ1) is 16.5. The Labute approximate surface area is 200 Å². The van der Waals surface area contributed by atoms with Gasteiger partial charge in [-0.05, 0) is 73.5 Å². The van der Waals surface area contributed by atoms with Gasteiger partial charge in [0.25, 0.3) is 5.56 Å². The van der Waals surface area contributed by atoms with E-state index in [1.165, 1.54) is 11.3 Å². The Balaban J connectivity index is 1.42. The lowest BCUT2D eigenvalue weighted by atomic mass is 10.1. The molecule has 0 aliphatic rings. The Hall–Kier alpha value is -3.84. The number of methoxy groups -OCH3 is 1. The minimum atomic E-state index is -0.0966. The molecule has 0 radical (unpaired) electrons. The van der Waals surface area contributed by atoms with E-state index in [0.717, 1.165) is 33.5 Å². The Morgan fingerprint density at radius 3 is 2.50 bits per heavy atom. The van der Waals surface area contributed by atoms with Crippen molar-refractivity contribution >= 4 is 33.4 Å². The number of thiazole rings is 1. The zero-order chi connectivity index (χ0) is 23.7. The van der Waals surface area contributed by atoms with Crippen molar-refractivity contribution in [3.63, 3.8) is 0 Å². The van der Waals surface area contributed by atoms with Gasteiger partial charge in [0, 0.05) is 5.56 Å². The van der Waals surface area contributed by atoms with Gasteiger partial charge in [0.1, 0.15) is 30.5 Å². The lowest BCUT2D eigenvalue weighted by molar-refractivity contribution is 0.216. The third kappa shape index (κ3) is 4.34. The average Bonchev–Trinajstić information content (AvgIpc) is 3.33. The van der Waals surface area contributed by atoms with Crippen molar-refractivity contribution in [3.8, 4) is 17.2 Å². The number of rotatable bonds is 7. The van der Waals surface area contributed by atoms with Crippen LogP contribution in [-0.2, 0) is 0 Å². The molecule has 2 heterocycles. The van der Waals surface area contributed by atoms with Crippen molar-refractivity contribution in [2.24, 2.45) is 0 Å². The van der Waals surface area contributed by atoms with Crippen molar-refractivity contribution < 1.29 is 14.2 Å². The maximum Gasteiger partial charge on any atom is 0.274 e. The van der Waals surface area contributed by atoms with E-state index in [1.54, 1.807) is 11.5 Å². The summed E-state index contributed by atoms with van der Waals surface area (Å²) in [6.45, 7) is 4.86. The van der Waals surface area contributed by atoms with Gasteiger partial charge in [-0.15, -0.1) is 0 Å². The van der Waals surface area contributed by atoms with Crippen LogP contribution in [0.5, 0.6) is 17.2 Å². The highest BCUT2D eigenvalue weighted by molar-refractivity contribution is 7.15. The average molecular weight is 473 g/mol. The van der Waals surface area contributed by atoms with Crippen molar-refractivity contribution in [2.45, 2.75) is 13.8 Å². The quantitative estimate of drug-likeness (QED) is 0.326. The maximum absolute atomic E-state index is 13.2. The first-order valence-corrected chi connectivity index (χ1v) is 11.8. The number of fused-ring (bicyclic) bond motifs is 3. The molecular weight excluding hydrogens is 448 g/mol. The largest absolute Gasteiger partial charge is 0.497 e. The van der Waals surface area contributed by atoms with E-state index >= 15 is 0 Å². The SMILES string of the molecule is COc1ccc(OCCOc2cc(C)cc(C)c2)c(/C=c2\sc3nc4ccccc4n3c2=O)c1. The van der Waals surface area contributed by atoms with E-state index in [2.05, 4.69) is 11.1 Å². The van der Waals surface area contributed by atoms with Crippen LogP contribution in [0.25, 0.3) is 22.1 Å². The summed E-state index contributed by atoms with van der Waals surface area (Å²) in [4.78, 5) is 18.4. The molecule has 0 unspecified atom stereocenters. The first kappa shape index (κ1) is 22.0. The third-order valence-electron chi connectivity index (χ3n) is 5.45. The predicted molar refractivity (Wildman–Crippen MR) is 136 cm³/mol. The van der Waals surface area contributed by atoms with Crippen molar-refractivity contribution in [3.05, 3.63) is 92.2 Å². The van der Waals surface area contributed by atoms with Crippen LogP contribution in [0.4, 0.5) is 0 Å². The number of benzene rings is 3. The topological polar surface area (TPSA) is 62.1 Å². The molecule has 3 aromatic carbocycles. The fourth-order valence-electron chi connectivity index (χ4n) is 3.98. The summed E-state index contributed by atoms with van der Waals surface area (Å²) >= 11 is 1.36. The lowest BCUT2D eigenvalue weighted by Gasteiger charge is -2.12. The zero-order valence-electron chi connectivity index (χ0n) is 19.2. The van der Waals surface area contributed by atoms with Gasteiger partial charge in [-0.1, -0.05) is 29.5 Å². The molecule has 2 aromatic heterocycles. The monoisotopic (exact) mass is 472 g/mol. The van der Waals surface area contributed by atoms with Crippen LogP contribution >= 0.6 is 11.3 Å². The Morgan fingerprint density at radius 2 is 1.71 bits per heavy atom. The number of para-hydroxylation sites is 2. The normalized spacial score (nSPS) is 11.9. The molecule has 0 saturated heterocycles. The molecule has 5 rings (SSSR count). The van der Waals surface area contributed by atoms with Gasteiger partial charge in [-0.2, -0.15) is 0 Å². The minimum absolute atomic E-state index is 0.0966. The van der Waals surface area contributed by atoms with Gasteiger partial charge in [-0.3, -0.25) is 4.79 Å². The molecule has 0 bridgehead atoms. The van der Waals surface area contributed by atoms with Crippen LogP contribution in [0, 0.1) is 13.8 Å². The molecule has 0 spiro atoms. The van der Waals surface area contributed by atoms with Gasteiger partial charge in [0.2, 0.25) is 0 Å². The summed E-state index contributed by atoms with van der Waals surface area (Å²) in [6.07, 6.45) is 1.83. The number of aryl methyl sites for hydroxylation is 2. The van der Waals surface area contributed by atoms with Gasteiger partial charge in [0.05, 0.1) is 22.7 Å². The number of aromatic nitrogens is 2. The maximum atomic E-state index is 13.2. The molecule has 172 valence electrons. The molecule has 0 fully saturated rings. The molecule has 7 heteroatoms. The smallest absolute Gasteiger partial charge is 0.274 e. The molecule has 0 amide bonds. The number of hydrogen-bond acceptors (Lipinski definition) is 6. The molecule has 34 heavy (non-hydrogen) atoms. The number of hydrogen-bond donors (Lipinski definition) is 0. The zero-order valence-corrected chi connectivity index (χ0v) is 20.0. The third-order valence-corrected chi connectivity index (χ3v) is 6.42. The second-order valence-electron chi connectivity index (χ2n) is 8.06. The minimum Gasteiger partial charge on any atom is -0.497 e. The van der Waals surface area contributed by atoms with Crippen LogP contribution in [0.3, 0.4) is 0 Å². The van der Waals surface area contributed by atoms with Crippen molar-refractivity contribution in [2.75, 3.05) is 20.3 Å². The van der Waals surface area contributed by atoms with E-state index in [4.69, 9.17) is 14.2 Å². The highest BCUT2D eigenvalue weighted by atomic mass is 32.1. The molecule has 0 saturated carbocycles. The fourth-order valence-corrected chi connectivity index (χ4v) is 4.96. The summed E-state index contributed by atoms with van der Waals surface area (Å²) in [7, 11) is 1.61. The fraction of sp³-hybridized carbons (Fsp3) is 0.185. The highest BCUT2D eigenvalue weighted by Gasteiger charge is 2.12. The summed E-state index contributed by atoms with van der Waals surface area (Å²) in [5, 5.41) is 0. The Bertz CT molecular complexity index is 1580. The second kappa shape index (κ2) is 9.19. The number of ether oxygens (including phenoxy) is 3. The van der Waals surface area contributed by atoms with Gasteiger partial charge in [-0.25, -0.2) is 9.38 Å². The number of imidazole rings is 1. The first-order valence-electron chi connectivity index (χ1n) is 11.0. The van der Waals surface area contributed by atoms with E-state index in [9.17, 15) is 4.79 Å².